The number of imidazole rings is 1. The van der Waals surface area contributed by atoms with Gasteiger partial charge in [-0.05, 0) is 19.1 Å². The van der Waals surface area contributed by atoms with Gasteiger partial charge in [0.2, 0.25) is 0 Å². The molecular formula is C13H18N4. The van der Waals surface area contributed by atoms with Crippen LogP contribution in [0, 0.1) is 0 Å². The van der Waals surface area contributed by atoms with E-state index in [0.717, 1.165) is 37.6 Å². The Bertz CT molecular complexity index is 436. The molecule has 2 aromatic rings. The summed E-state index contributed by atoms with van der Waals surface area (Å²) < 4.78 is 2.15. The third kappa shape index (κ3) is 3.39. The Morgan fingerprint density at radius 1 is 1.24 bits per heavy atom. The molecule has 0 bridgehead atoms. The van der Waals surface area contributed by atoms with E-state index in [4.69, 9.17) is 0 Å². The lowest BCUT2D eigenvalue weighted by atomic mass is 10.3. The van der Waals surface area contributed by atoms with Crippen molar-refractivity contribution >= 4 is 0 Å². The number of hydrogen-bond acceptors (Lipinski definition) is 3. The van der Waals surface area contributed by atoms with E-state index in [1.807, 2.05) is 30.7 Å². The molecule has 17 heavy (non-hydrogen) atoms. The molecule has 4 nitrogen and oxygen atoms in total. The van der Waals surface area contributed by atoms with Crippen LogP contribution < -0.4 is 5.32 Å². The largest absolute Gasteiger partial charge is 0.334 e. The Balaban J connectivity index is 1.73. The minimum absolute atomic E-state index is 0.813. The van der Waals surface area contributed by atoms with Gasteiger partial charge < -0.3 is 9.88 Å². The number of aromatic nitrogens is 3. The molecule has 0 atom stereocenters. The summed E-state index contributed by atoms with van der Waals surface area (Å²) in [5.41, 5.74) is 1.12. The lowest BCUT2D eigenvalue weighted by molar-refractivity contribution is 0.610. The SMILES string of the molecule is CCn1ccnc1CNCCc1ccccn1. The molecule has 0 aromatic carbocycles. The van der Waals surface area contributed by atoms with Gasteiger partial charge in [0.05, 0.1) is 6.54 Å². The van der Waals surface area contributed by atoms with E-state index in [0.29, 0.717) is 0 Å². The fourth-order valence-electron chi connectivity index (χ4n) is 1.76. The highest BCUT2D eigenvalue weighted by Gasteiger charge is 2.00. The summed E-state index contributed by atoms with van der Waals surface area (Å²) in [7, 11) is 0. The lowest BCUT2D eigenvalue weighted by Gasteiger charge is -2.06. The third-order valence-corrected chi connectivity index (χ3v) is 2.71. The summed E-state index contributed by atoms with van der Waals surface area (Å²) in [5.74, 6) is 1.09. The van der Waals surface area contributed by atoms with E-state index in [1.165, 1.54) is 0 Å². The van der Waals surface area contributed by atoms with Crippen LogP contribution in [-0.4, -0.2) is 21.1 Å². The van der Waals surface area contributed by atoms with Crippen LogP contribution in [0.4, 0.5) is 0 Å². The molecule has 0 saturated heterocycles. The summed E-state index contributed by atoms with van der Waals surface area (Å²) in [6.07, 6.45) is 6.64. The van der Waals surface area contributed by atoms with Gasteiger partial charge in [-0.25, -0.2) is 4.98 Å². The van der Waals surface area contributed by atoms with Crippen molar-refractivity contribution < 1.29 is 0 Å². The van der Waals surface area contributed by atoms with Gasteiger partial charge in [-0.2, -0.15) is 0 Å². The number of nitrogens with one attached hydrogen (secondary N) is 1. The van der Waals surface area contributed by atoms with Crippen molar-refractivity contribution in [2.45, 2.75) is 26.4 Å². The molecule has 0 aliphatic heterocycles. The second-order valence-electron chi connectivity index (χ2n) is 3.88. The number of aryl methyl sites for hydroxylation is 1. The Morgan fingerprint density at radius 2 is 2.18 bits per heavy atom. The maximum Gasteiger partial charge on any atom is 0.122 e. The second-order valence-corrected chi connectivity index (χ2v) is 3.88. The number of nitrogens with zero attached hydrogens (tertiary/aromatic N) is 3. The Labute approximate surface area is 102 Å². The predicted octanol–water partition coefficient (Wildman–Crippen LogP) is 1.63. The van der Waals surface area contributed by atoms with Gasteiger partial charge >= 0.3 is 0 Å². The fraction of sp³-hybridized carbons (Fsp3) is 0.385. The highest BCUT2D eigenvalue weighted by atomic mass is 15.1. The molecule has 0 aliphatic carbocycles. The van der Waals surface area contributed by atoms with Gasteiger partial charge in [0.25, 0.3) is 0 Å². The van der Waals surface area contributed by atoms with Crippen molar-refractivity contribution in [1.82, 2.24) is 19.9 Å². The van der Waals surface area contributed by atoms with E-state index in [1.54, 1.807) is 0 Å². The first-order valence-corrected chi connectivity index (χ1v) is 6.00. The number of rotatable bonds is 6. The molecule has 0 saturated carbocycles. The average molecular weight is 230 g/mol. The highest BCUT2D eigenvalue weighted by molar-refractivity contribution is 5.03. The van der Waals surface area contributed by atoms with Crippen LogP contribution in [0.2, 0.25) is 0 Å². The topological polar surface area (TPSA) is 42.7 Å². The molecule has 0 amide bonds. The predicted molar refractivity (Wildman–Crippen MR) is 67.5 cm³/mol. The molecule has 2 rings (SSSR count). The molecule has 0 fully saturated rings. The zero-order valence-corrected chi connectivity index (χ0v) is 10.1. The molecule has 2 heterocycles. The average Bonchev–Trinajstić information content (AvgIpc) is 2.83. The first-order chi connectivity index (χ1) is 8.40. The van der Waals surface area contributed by atoms with Gasteiger partial charge in [0.1, 0.15) is 5.82 Å². The zero-order valence-electron chi connectivity index (χ0n) is 10.1. The maximum absolute atomic E-state index is 4.32. The van der Waals surface area contributed by atoms with E-state index in [9.17, 15) is 0 Å². The van der Waals surface area contributed by atoms with Crippen LogP contribution in [-0.2, 0) is 19.5 Å². The minimum Gasteiger partial charge on any atom is -0.334 e. The first-order valence-electron chi connectivity index (χ1n) is 6.00. The standard InChI is InChI=1S/C13H18N4/c1-2-17-10-9-16-13(17)11-14-8-6-12-5-3-4-7-15-12/h3-5,7,9-10,14H,2,6,8,11H2,1H3. The molecule has 4 heteroatoms. The lowest BCUT2D eigenvalue weighted by Crippen LogP contribution is -2.19. The first kappa shape index (κ1) is 11.8. The van der Waals surface area contributed by atoms with Crippen LogP contribution in [0.5, 0.6) is 0 Å². The Morgan fingerprint density at radius 3 is 2.94 bits per heavy atom. The molecule has 2 aromatic heterocycles. The highest BCUT2D eigenvalue weighted by Crippen LogP contribution is 1.97. The van der Waals surface area contributed by atoms with Gasteiger partial charge in [-0.3, -0.25) is 4.98 Å². The van der Waals surface area contributed by atoms with Crippen LogP contribution in [0.3, 0.4) is 0 Å². The molecule has 0 spiro atoms. The van der Waals surface area contributed by atoms with Gasteiger partial charge in [-0.1, -0.05) is 6.07 Å². The monoisotopic (exact) mass is 230 g/mol. The second kappa shape index (κ2) is 6.15. The van der Waals surface area contributed by atoms with Crippen molar-refractivity contribution in [3.05, 3.63) is 48.3 Å². The van der Waals surface area contributed by atoms with Crippen molar-refractivity contribution in [3.8, 4) is 0 Å². The maximum atomic E-state index is 4.32. The van der Waals surface area contributed by atoms with Gasteiger partial charge in [-0.15, -0.1) is 0 Å². The van der Waals surface area contributed by atoms with Crippen LogP contribution in [0.15, 0.2) is 36.8 Å². The summed E-state index contributed by atoms with van der Waals surface area (Å²) in [5, 5.41) is 3.39. The van der Waals surface area contributed by atoms with Gasteiger partial charge in [0, 0.05) is 43.8 Å². The molecule has 0 radical (unpaired) electrons. The fourth-order valence-corrected chi connectivity index (χ4v) is 1.76. The smallest absolute Gasteiger partial charge is 0.122 e. The normalized spacial score (nSPS) is 10.6. The summed E-state index contributed by atoms with van der Waals surface area (Å²) >= 11 is 0. The van der Waals surface area contributed by atoms with Crippen molar-refractivity contribution in [1.29, 1.82) is 0 Å². The quantitative estimate of drug-likeness (QED) is 0.767. The van der Waals surface area contributed by atoms with Crippen molar-refractivity contribution in [2.75, 3.05) is 6.54 Å². The number of hydrogen-bond donors (Lipinski definition) is 1. The third-order valence-electron chi connectivity index (χ3n) is 2.71. The molecule has 0 unspecified atom stereocenters. The molecule has 1 N–H and O–H groups in total. The number of pyridine rings is 1. The van der Waals surface area contributed by atoms with E-state index >= 15 is 0 Å². The van der Waals surface area contributed by atoms with Crippen LogP contribution >= 0.6 is 0 Å². The van der Waals surface area contributed by atoms with Crippen molar-refractivity contribution in [2.24, 2.45) is 0 Å². The van der Waals surface area contributed by atoms with E-state index < -0.39 is 0 Å². The summed E-state index contributed by atoms with van der Waals surface area (Å²) in [6, 6.07) is 6.01. The molecule has 0 aliphatic rings. The van der Waals surface area contributed by atoms with Gasteiger partial charge in [0.15, 0.2) is 0 Å². The van der Waals surface area contributed by atoms with E-state index in [-0.39, 0.29) is 0 Å². The van der Waals surface area contributed by atoms with Crippen molar-refractivity contribution in [3.63, 3.8) is 0 Å². The summed E-state index contributed by atoms with van der Waals surface area (Å²) in [4.78, 5) is 8.60. The zero-order chi connectivity index (χ0) is 11.9. The van der Waals surface area contributed by atoms with Crippen LogP contribution in [0.1, 0.15) is 18.4 Å². The van der Waals surface area contributed by atoms with E-state index in [2.05, 4.69) is 32.8 Å². The molecular weight excluding hydrogens is 212 g/mol. The summed E-state index contributed by atoms with van der Waals surface area (Å²) in [6.45, 7) is 4.83. The minimum atomic E-state index is 0.813. The molecule has 90 valence electrons. The van der Waals surface area contributed by atoms with Crippen LogP contribution in [0.25, 0.3) is 0 Å². The Kier molecular flexibility index (Phi) is 4.27. The Hall–Kier alpha value is -1.68.